The van der Waals surface area contributed by atoms with Crippen molar-refractivity contribution in [1.82, 2.24) is 0 Å². The van der Waals surface area contributed by atoms with Crippen LogP contribution in [0.15, 0.2) is 24.3 Å². The molecule has 0 saturated carbocycles. The molecule has 104 valence electrons. The van der Waals surface area contributed by atoms with E-state index >= 15 is 0 Å². The van der Waals surface area contributed by atoms with Gasteiger partial charge >= 0.3 is 0 Å². The predicted molar refractivity (Wildman–Crippen MR) is 78.5 cm³/mol. The minimum atomic E-state index is -0.0448. The summed E-state index contributed by atoms with van der Waals surface area (Å²) in [6.07, 6.45) is 6.24. The molecule has 0 aliphatic carbocycles. The van der Waals surface area contributed by atoms with Gasteiger partial charge in [-0.1, -0.05) is 56.9 Å². The first-order valence-corrected chi connectivity index (χ1v) is 7.25. The molecule has 0 fully saturated rings. The molecule has 0 aromatic heterocycles. The van der Waals surface area contributed by atoms with Crippen LogP contribution in [0.25, 0.3) is 0 Å². The number of benzene rings is 1. The smallest absolute Gasteiger partial charge is 0.170 e. The monoisotopic (exact) mass is 260 g/mol. The summed E-state index contributed by atoms with van der Waals surface area (Å²) >= 11 is 0. The Morgan fingerprint density at radius 1 is 1.00 bits per heavy atom. The summed E-state index contributed by atoms with van der Waals surface area (Å²) in [5, 5.41) is 0. The SMILES string of the molecule is CCCCCCCC(=O)CC(=O)c1ccccc1C. The van der Waals surface area contributed by atoms with Crippen LogP contribution in [0, 0.1) is 6.92 Å². The second kappa shape index (κ2) is 8.63. The van der Waals surface area contributed by atoms with Crippen molar-refractivity contribution in [3.8, 4) is 0 Å². The minimum Gasteiger partial charge on any atom is -0.299 e. The molecule has 2 heteroatoms. The lowest BCUT2D eigenvalue weighted by molar-refractivity contribution is -0.118. The van der Waals surface area contributed by atoms with Gasteiger partial charge in [-0.05, 0) is 18.9 Å². The third-order valence-corrected chi connectivity index (χ3v) is 3.36. The van der Waals surface area contributed by atoms with E-state index in [-0.39, 0.29) is 18.0 Å². The van der Waals surface area contributed by atoms with Crippen LogP contribution >= 0.6 is 0 Å². The maximum Gasteiger partial charge on any atom is 0.170 e. The average Bonchev–Trinajstić information content (AvgIpc) is 2.39. The lowest BCUT2D eigenvalue weighted by Gasteiger charge is -2.04. The number of hydrogen-bond donors (Lipinski definition) is 0. The van der Waals surface area contributed by atoms with E-state index < -0.39 is 0 Å². The van der Waals surface area contributed by atoms with Crippen molar-refractivity contribution >= 4 is 11.6 Å². The number of aryl methyl sites for hydroxylation is 1. The normalized spacial score (nSPS) is 10.4. The molecule has 0 spiro atoms. The molecule has 0 unspecified atom stereocenters. The molecule has 0 radical (unpaired) electrons. The van der Waals surface area contributed by atoms with Gasteiger partial charge in [0.25, 0.3) is 0 Å². The van der Waals surface area contributed by atoms with Crippen LogP contribution in [-0.2, 0) is 4.79 Å². The van der Waals surface area contributed by atoms with Crippen LogP contribution in [0.5, 0.6) is 0 Å². The van der Waals surface area contributed by atoms with Crippen LogP contribution in [0.4, 0.5) is 0 Å². The first kappa shape index (κ1) is 15.6. The first-order chi connectivity index (χ1) is 9.15. The summed E-state index contributed by atoms with van der Waals surface area (Å²) in [5.41, 5.74) is 1.63. The maximum atomic E-state index is 12.0. The third kappa shape index (κ3) is 5.82. The molecule has 0 saturated heterocycles. The van der Waals surface area contributed by atoms with E-state index in [0.29, 0.717) is 12.0 Å². The fraction of sp³-hybridized carbons (Fsp3) is 0.529. The molecule has 0 aliphatic heterocycles. The van der Waals surface area contributed by atoms with Gasteiger partial charge in [0.15, 0.2) is 5.78 Å². The Labute approximate surface area is 116 Å². The number of carbonyl (C=O) groups excluding carboxylic acids is 2. The molecule has 0 amide bonds. The zero-order chi connectivity index (χ0) is 14.1. The minimum absolute atomic E-state index is 0.0448. The molecule has 0 heterocycles. The largest absolute Gasteiger partial charge is 0.299 e. The van der Waals surface area contributed by atoms with Gasteiger partial charge in [0.05, 0.1) is 6.42 Å². The van der Waals surface area contributed by atoms with Gasteiger partial charge < -0.3 is 0 Å². The summed E-state index contributed by atoms with van der Waals surface area (Å²) in [6.45, 7) is 4.08. The van der Waals surface area contributed by atoms with E-state index in [1.807, 2.05) is 25.1 Å². The van der Waals surface area contributed by atoms with Crippen molar-refractivity contribution < 1.29 is 9.59 Å². The lowest BCUT2D eigenvalue weighted by atomic mass is 9.99. The molecule has 1 aromatic carbocycles. The van der Waals surface area contributed by atoms with E-state index in [0.717, 1.165) is 18.4 Å². The highest BCUT2D eigenvalue weighted by molar-refractivity contribution is 6.08. The molecule has 0 atom stereocenters. The molecule has 0 bridgehead atoms. The van der Waals surface area contributed by atoms with Crippen LogP contribution < -0.4 is 0 Å². The summed E-state index contributed by atoms with van der Waals surface area (Å²) in [4.78, 5) is 23.7. The quantitative estimate of drug-likeness (QED) is 0.372. The van der Waals surface area contributed by atoms with Crippen LogP contribution in [0.1, 0.15) is 67.8 Å². The van der Waals surface area contributed by atoms with Crippen LogP contribution in [-0.4, -0.2) is 11.6 Å². The number of carbonyl (C=O) groups is 2. The highest BCUT2D eigenvalue weighted by atomic mass is 16.1. The Hall–Kier alpha value is -1.44. The van der Waals surface area contributed by atoms with Gasteiger partial charge in [0.1, 0.15) is 5.78 Å². The van der Waals surface area contributed by atoms with Crippen molar-refractivity contribution in [3.63, 3.8) is 0 Å². The van der Waals surface area contributed by atoms with Gasteiger partial charge in [0.2, 0.25) is 0 Å². The number of hydrogen-bond acceptors (Lipinski definition) is 2. The summed E-state index contributed by atoms with van der Waals surface area (Å²) in [5.74, 6) is 0.0291. The first-order valence-electron chi connectivity index (χ1n) is 7.25. The Kier molecular flexibility index (Phi) is 7.09. The van der Waals surface area contributed by atoms with Crippen LogP contribution in [0.2, 0.25) is 0 Å². The second-order valence-electron chi connectivity index (χ2n) is 5.12. The fourth-order valence-corrected chi connectivity index (χ4v) is 2.17. The van der Waals surface area contributed by atoms with Gasteiger partial charge in [-0.25, -0.2) is 0 Å². The Morgan fingerprint density at radius 2 is 1.68 bits per heavy atom. The van der Waals surface area contributed by atoms with Crippen molar-refractivity contribution in [3.05, 3.63) is 35.4 Å². The Morgan fingerprint density at radius 3 is 2.37 bits per heavy atom. The number of unbranched alkanes of at least 4 members (excludes halogenated alkanes) is 4. The van der Waals surface area contributed by atoms with E-state index in [9.17, 15) is 9.59 Å². The Bertz CT molecular complexity index is 421. The van der Waals surface area contributed by atoms with Gasteiger partial charge in [-0.3, -0.25) is 9.59 Å². The number of Topliss-reactive ketones (excluding diaryl/α,β-unsaturated/α-hetero) is 2. The molecule has 2 nitrogen and oxygen atoms in total. The predicted octanol–water partition coefficient (Wildman–Crippen LogP) is 4.50. The molecule has 1 rings (SSSR count). The topological polar surface area (TPSA) is 34.1 Å². The highest BCUT2D eigenvalue weighted by Gasteiger charge is 2.13. The van der Waals surface area contributed by atoms with Crippen LogP contribution in [0.3, 0.4) is 0 Å². The van der Waals surface area contributed by atoms with Gasteiger partial charge in [-0.2, -0.15) is 0 Å². The second-order valence-corrected chi connectivity index (χ2v) is 5.12. The van der Waals surface area contributed by atoms with E-state index in [1.54, 1.807) is 6.07 Å². The van der Waals surface area contributed by atoms with E-state index in [1.165, 1.54) is 19.3 Å². The summed E-state index contributed by atoms with van der Waals surface area (Å²) in [6, 6.07) is 7.45. The van der Waals surface area contributed by atoms with Gasteiger partial charge in [-0.15, -0.1) is 0 Å². The Balaban J connectivity index is 2.32. The average molecular weight is 260 g/mol. The molecular weight excluding hydrogens is 236 g/mol. The van der Waals surface area contributed by atoms with Crippen molar-refractivity contribution in [1.29, 1.82) is 0 Å². The zero-order valence-corrected chi connectivity index (χ0v) is 12.1. The van der Waals surface area contributed by atoms with Gasteiger partial charge in [0, 0.05) is 12.0 Å². The number of ketones is 2. The highest BCUT2D eigenvalue weighted by Crippen LogP contribution is 2.12. The molecule has 0 aliphatic rings. The van der Waals surface area contributed by atoms with Crippen molar-refractivity contribution in [2.75, 3.05) is 0 Å². The standard InChI is InChI=1S/C17H24O2/c1-3-4-5-6-7-11-15(18)13-17(19)16-12-9-8-10-14(16)2/h8-10,12H,3-7,11,13H2,1-2H3. The van der Waals surface area contributed by atoms with E-state index in [2.05, 4.69) is 6.92 Å². The zero-order valence-electron chi connectivity index (χ0n) is 12.1. The molecule has 1 aromatic rings. The maximum absolute atomic E-state index is 12.0. The van der Waals surface area contributed by atoms with Crippen molar-refractivity contribution in [2.24, 2.45) is 0 Å². The molecule has 19 heavy (non-hydrogen) atoms. The molecular formula is C17H24O2. The third-order valence-electron chi connectivity index (χ3n) is 3.36. The summed E-state index contributed by atoms with van der Waals surface area (Å²) in [7, 11) is 0. The van der Waals surface area contributed by atoms with E-state index in [4.69, 9.17) is 0 Å². The number of rotatable bonds is 9. The molecule has 0 N–H and O–H groups in total. The van der Waals surface area contributed by atoms with Crippen molar-refractivity contribution in [2.45, 2.75) is 58.8 Å². The summed E-state index contributed by atoms with van der Waals surface area (Å²) < 4.78 is 0. The lowest BCUT2D eigenvalue weighted by Crippen LogP contribution is -2.09. The fourth-order valence-electron chi connectivity index (χ4n) is 2.17.